The number of rotatable bonds is 3. The Hall–Kier alpha value is -2.84. The number of hydrogen-bond acceptors (Lipinski definition) is 4. The van der Waals surface area contributed by atoms with Gasteiger partial charge in [0.25, 0.3) is 0 Å². The van der Waals surface area contributed by atoms with Crippen LogP contribution in [0.2, 0.25) is 0 Å². The number of carbonyl (C=O) groups is 1. The predicted molar refractivity (Wildman–Crippen MR) is 106 cm³/mol. The fourth-order valence-corrected chi connectivity index (χ4v) is 3.49. The highest BCUT2D eigenvalue weighted by Gasteiger charge is 2.27. The van der Waals surface area contributed by atoms with Crippen molar-refractivity contribution in [1.82, 2.24) is 5.32 Å². The molecule has 1 aliphatic heterocycles. The molecular weight excluding hydrogens is 338 g/mol. The lowest BCUT2D eigenvalue weighted by Gasteiger charge is -2.27. The van der Waals surface area contributed by atoms with Crippen LogP contribution < -0.4 is 15.4 Å². The van der Waals surface area contributed by atoms with Crippen LogP contribution in [0.5, 0.6) is 5.75 Å². The van der Waals surface area contributed by atoms with Crippen LogP contribution in [0.1, 0.15) is 49.1 Å². The molecule has 0 radical (unpaired) electrons. The van der Waals surface area contributed by atoms with Crippen LogP contribution in [0.4, 0.5) is 5.69 Å². The number of nitrogens with zero attached hydrogens (tertiary/aromatic N) is 1. The van der Waals surface area contributed by atoms with Crippen molar-refractivity contribution in [1.29, 1.82) is 5.26 Å². The van der Waals surface area contributed by atoms with Crippen LogP contribution >= 0.6 is 0 Å². The Morgan fingerprint density at radius 3 is 2.70 bits per heavy atom. The summed E-state index contributed by atoms with van der Waals surface area (Å²) in [5.74, 6) is 0.666. The number of fused-ring (bicyclic) bond motifs is 1. The van der Waals surface area contributed by atoms with Crippen molar-refractivity contribution in [2.24, 2.45) is 0 Å². The minimum atomic E-state index is -0.424. The summed E-state index contributed by atoms with van der Waals surface area (Å²) in [4.78, 5) is 12.9. The first-order valence-electron chi connectivity index (χ1n) is 9.09. The molecule has 5 nitrogen and oxygen atoms in total. The molecule has 27 heavy (non-hydrogen) atoms. The van der Waals surface area contributed by atoms with Crippen LogP contribution in [0.15, 0.2) is 36.4 Å². The van der Waals surface area contributed by atoms with Crippen LogP contribution in [0.3, 0.4) is 0 Å². The standard InChI is InChI=1S/C22H25N3O2/c1-22(2,3)19-8-5-16(11-15(19)13-23)25-21(26)20-18-7-6-17(27-4)12-14(18)9-10-24-20/h5-8,11-12,20,24H,9-10H2,1-4H3,(H,25,26)/t20-/m1/s1. The lowest BCUT2D eigenvalue weighted by atomic mass is 9.84. The van der Waals surface area contributed by atoms with Gasteiger partial charge in [0.05, 0.1) is 18.7 Å². The van der Waals surface area contributed by atoms with E-state index in [1.807, 2.05) is 30.3 Å². The molecule has 1 atom stereocenters. The van der Waals surface area contributed by atoms with E-state index >= 15 is 0 Å². The van der Waals surface area contributed by atoms with E-state index in [9.17, 15) is 10.1 Å². The molecular formula is C22H25N3O2. The maximum Gasteiger partial charge on any atom is 0.246 e. The smallest absolute Gasteiger partial charge is 0.246 e. The summed E-state index contributed by atoms with van der Waals surface area (Å²) in [6.45, 7) is 6.93. The summed E-state index contributed by atoms with van der Waals surface area (Å²) in [6.07, 6.45) is 0.856. The number of benzene rings is 2. The van der Waals surface area contributed by atoms with E-state index < -0.39 is 6.04 Å². The SMILES string of the molecule is COc1ccc2c(c1)CCN[C@H]2C(=O)Nc1ccc(C(C)(C)C)c(C#N)c1. The third kappa shape index (κ3) is 3.96. The van der Waals surface area contributed by atoms with Crippen LogP contribution in [-0.4, -0.2) is 19.6 Å². The summed E-state index contributed by atoms with van der Waals surface area (Å²) in [5, 5.41) is 15.7. The first-order valence-corrected chi connectivity index (χ1v) is 9.09. The number of nitriles is 1. The minimum Gasteiger partial charge on any atom is -0.497 e. The van der Waals surface area contributed by atoms with Crippen molar-refractivity contribution < 1.29 is 9.53 Å². The summed E-state index contributed by atoms with van der Waals surface area (Å²) in [7, 11) is 1.64. The molecule has 0 unspecified atom stereocenters. The molecule has 140 valence electrons. The molecule has 5 heteroatoms. The highest BCUT2D eigenvalue weighted by Crippen LogP contribution is 2.30. The minimum absolute atomic E-state index is 0.128. The molecule has 2 N–H and O–H groups in total. The molecule has 3 rings (SSSR count). The Morgan fingerprint density at radius 1 is 1.26 bits per heavy atom. The molecule has 0 fully saturated rings. The molecule has 0 bridgehead atoms. The monoisotopic (exact) mass is 363 g/mol. The summed E-state index contributed by atoms with van der Waals surface area (Å²) in [6, 6.07) is 13.1. The molecule has 2 aromatic rings. The Morgan fingerprint density at radius 2 is 2.04 bits per heavy atom. The second-order valence-electron chi connectivity index (χ2n) is 7.81. The summed E-state index contributed by atoms with van der Waals surface area (Å²) >= 11 is 0. The van der Waals surface area contributed by atoms with Gasteiger partial charge in [-0.25, -0.2) is 0 Å². The zero-order chi connectivity index (χ0) is 19.6. The second kappa shape index (κ2) is 7.42. The first-order chi connectivity index (χ1) is 12.8. The van der Waals surface area contributed by atoms with Crippen LogP contribution in [0, 0.1) is 11.3 Å². The maximum absolute atomic E-state index is 12.9. The number of hydrogen-bond donors (Lipinski definition) is 2. The molecule has 0 aliphatic carbocycles. The topological polar surface area (TPSA) is 74.2 Å². The van der Waals surface area contributed by atoms with E-state index in [2.05, 4.69) is 37.5 Å². The zero-order valence-corrected chi connectivity index (χ0v) is 16.2. The van der Waals surface area contributed by atoms with E-state index in [-0.39, 0.29) is 11.3 Å². The van der Waals surface area contributed by atoms with Crippen molar-refractivity contribution in [3.8, 4) is 11.8 Å². The van der Waals surface area contributed by atoms with Crippen LogP contribution in [-0.2, 0) is 16.6 Å². The number of methoxy groups -OCH3 is 1. The average Bonchev–Trinajstić information content (AvgIpc) is 2.65. The van der Waals surface area contributed by atoms with Gasteiger partial charge in [-0.2, -0.15) is 5.26 Å². The van der Waals surface area contributed by atoms with E-state index in [4.69, 9.17) is 4.74 Å². The van der Waals surface area contributed by atoms with Gasteiger partial charge in [0.2, 0.25) is 5.91 Å². The van der Waals surface area contributed by atoms with Gasteiger partial charge in [-0.1, -0.05) is 32.9 Å². The van der Waals surface area contributed by atoms with E-state index in [0.717, 1.165) is 35.4 Å². The fourth-order valence-electron chi connectivity index (χ4n) is 3.49. The van der Waals surface area contributed by atoms with E-state index in [1.54, 1.807) is 13.2 Å². The normalized spacial score (nSPS) is 16.2. The Labute approximate surface area is 160 Å². The molecule has 0 spiro atoms. The molecule has 1 aliphatic rings. The Balaban J connectivity index is 1.84. The molecule has 1 heterocycles. The number of amides is 1. The van der Waals surface area contributed by atoms with Gasteiger partial charge in [0, 0.05) is 12.2 Å². The Kier molecular flexibility index (Phi) is 5.20. The van der Waals surface area contributed by atoms with Crippen molar-refractivity contribution >= 4 is 11.6 Å². The third-order valence-electron chi connectivity index (χ3n) is 4.88. The number of carbonyl (C=O) groups excluding carboxylic acids is 1. The van der Waals surface area contributed by atoms with Crippen molar-refractivity contribution in [3.05, 3.63) is 58.7 Å². The van der Waals surface area contributed by atoms with E-state index in [1.165, 1.54) is 0 Å². The highest BCUT2D eigenvalue weighted by atomic mass is 16.5. The lowest BCUT2D eigenvalue weighted by Crippen LogP contribution is -2.38. The van der Waals surface area contributed by atoms with Gasteiger partial charge in [0.15, 0.2) is 0 Å². The zero-order valence-electron chi connectivity index (χ0n) is 16.2. The predicted octanol–water partition coefficient (Wildman–Crippen LogP) is 3.69. The highest BCUT2D eigenvalue weighted by molar-refractivity contribution is 5.96. The average molecular weight is 363 g/mol. The van der Waals surface area contributed by atoms with Gasteiger partial charge >= 0.3 is 0 Å². The Bertz CT molecular complexity index is 907. The van der Waals surface area contributed by atoms with Crippen molar-refractivity contribution in [3.63, 3.8) is 0 Å². The first kappa shape index (κ1) is 18.9. The largest absolute Gasteiger partial charge is 0.497 e. The maximum atomic E-state index is 12.9. The summed E-state index contributed by atoms with van der Waals surface area (Å²) < 4.78 is 5.28. The molecule has 0 saturated heterocycles. The van der Waals surface area contributed by atoms with Gasteiger partial charge in [-0.15, -0.1) is 0 Å². The molecule has 1 amide bonds. The van der Waals surface area contributed by atoms with Crippen molar-refractivity contribution in [2.75, 3.05) is 19.0 Å². The fraction of sp³-hybridized carbons (Fsp3) is 0.364. The quantitative estimate of drug-likeness (QED) is 0.872. The number of ether oxygens (including phenoxy) is 1. The van der Waals surface area contributed by atoms with Gasteiger partial charge in [-0.05, 0) is 52.8 Å². The number of anilines is 1. The third-order valence-corrected chi connectivity index (χ3v) is 4.88. The summed E-state index contributed by atoms with van der Waals surface area (Å²) in [5.41, 5.74) is 4.14. The molecule has 0 aromatic heterocycles. The van der Waals surface area contributed by atoms with Crippen LogP contribution in [0.25, 0.3) is 0 Å². The van der Waals surface area contributed by atoms with Gasteiger partial charge in [0.1, 0.15) is 11.8 Å². The lowest BCUT2D eigenvalue weighted by molar-refractivity contribution is -0.118. The second-order valence-corrected chi connectivity index (χ2v) is 7.81. The molecule has 0 saturated carbocycles. The van der Waals surface area contributed by atoms with E-state index in [0.29, 0.717) is 11.3 Å². The van der Waals surface area contributed by atoms with Crippen molar-refractivity contribution in [2.45, 2.75) is 38.6 Å². The van der Waals surface area contributed by atoms with Gasteiger partial charge < -0.3 is 15.4 Å². The van der Waals surface area contributed by atoms with Gasteiger partial charge in [-0.3, -0.25) is 4.79 Å². The molecule has 2 aromatic carbocycles. The number of nitrogens with one attached hydrogen (secondary N) is 2.